The first-order valence-corrected chi connectivity index (χ1v) is 14.6. The summed E-state index contributed by atoms with van der Waals surface area (Å²) in [6.07, 6.45) is 2.43. The van der Waals surface area contributed by atoms with Gasteiger partial charge in [-0.1, -0.05) is 25.0 Å². The highest BCUT2D eigenvalue weighted by Gasteiger charge is 2.76. The van der Waals surface area contributed by atoms with E-state index in [1.54, 1.807) is 6.92 Å². The number of ketones is 2. The van der Waals surface area contributed by atoms with Gasteiger partial charge < -0.3 is 30.2 Å². The molecule has 0 aromatic carbocycles. The predicted octanol–water partition coefficient (Wildman–Crippen LogP) is 1.06. The number of allylic oxidation sites excluding steroid dienone is 4. The van der Waals surface area contributed by atoms with Crippen LogP contribution in [0.4, 0.5) is 4.39 Å². The van der Waals surface area contributed by atoms with Gasteiger partial charge in [-0.2, -0.15) is 0 Å². The number of nitrogens with one attached hydrogen (secondary N) is 1. The lowest BCUT2D eigenvalue weighted by Crippen LogP contribution is -2.69. The molecule has 0 radical (unpaired) electrons. The van der Waals surface area contributed by atoms with E-state index >= 15 is 4.39 Å². The fraction of sp³-hybridized carbons (Fsp3) is 0.724. The Morgan fingerprint density at radius 2 is 1.88 bits per heavy atom. The van der Waals surface area contributed by atoms with E-state index < -0.39 is 82.0 Å². The number of nitrogens with zero attached hydrogens (tertiary/aromatic N) is 1. The molecular formula is C29H39FN2O11. The number of halogens is 1. The van der Waals surface area contributed by atoms with Crippen LogP contribution in [0.25, 0.3) is 0 Å². The molecule has 4 rings (SSSR count). The monoisotopic (exact) mass is 610 g/mol. The summed E-state index contributed by atoms with van der Waals surface area (Å²) in [5.41, 5.74) is -6.78. The number of amides is 1. The highest BCUT2D eigenvalue weighted by Crippen LogP contribution is 2.69. The zero-order valence-electron chi connectivity index (χ0n) is 24.3. The summed E-state index contributed by atoms with van der Waals surface area (Å²) in [7, 11) is 0. The van der Waals surface area contributed by atoms with Crippen molar-refractivity contribution in [1.82, 2.24) is 5.32 Å². The maximum absolute atomic E-state index is 17.2. The molecule has 2 unspecified atom stereocenters. The largest absolute Gasteiger partial charge is 0.456 e. The fourth-order valence-corrected chi connectivity index (χ4v) is 8.00. The van der Waals surface area contributed by atoms with Gasteiger partial charge in [-0.05, 0) is 63.5 Å². The molecular weight excluding hydrogens is 571 g/mol. The number of unbranched alkanes of at least 4 members (excludes halogenated alkanes) is 2. The Balaban J connectivity index is 1.36. The zero-order chi connectivity index (χ0) is 31.8. The molecule has 43 heavy (non-hydrogen) atoms. The number of ether oxygens (including phenoxy) is 1. The number of aliphatic hydroxyl groups is 3. The van der Waals surface area contributed by atoms with Crippen molar-refractivity contribution in [3.8, 4) is 0 Å². The first-order chi connectivity index (χ1) is 20.1. The first-order valence-electron chi connectivity index (χ1n) is 14.6. The van der Waals surface area contributed by atoms with Crippen LogP contribution in [0.15, 0.2) is 23.8 Å². The number of esters is 1. The average Bonchev–Trinajstić information content (AvgIpc) is 3.14. The van der Waals surface area contributed by atoms with E-state index in [9.17, 15) is 44.6 Å². The van der Waals surface area contributed by atoms with E-state index in [0.717, 1.165) is 0 Å². The molecule has 4 aliphatic rings. The van der Waals surface area contributed by atoms with Gasteiger partial charge in [0.25, 0.3) is 5.09 Å². The molecule has 4 N–H and O–H groups in total. The lowest BCUT2D eigenvalue weighted by molar-refractivity contribution is -0.757. The summed E-state index contributed by atoms with van der Waals surface area (Å²) in [5, 5.41) is 45.6. The molecule has 1 amide bonds. The summed E-state index contributed by atoms with van der Waals surface area (Å²) >= 11 is 0. The number of hydrogen-bond donors (Lipinski definition) is 4. The third-order valence-corrected chi connectivity index (χ3v) is 10.3. The van der Waals surface area contributed by atoms with Gasteiger partial charge in [-0.3, -0.25) is 19.2 Å². The third-order valence-electron chi connectivity index (χ3n) is 10.3. The second kappa shape index (κ2) is 12.0. The summed E-state index contributed by atoms with van der Waals surface area (Å²) in [6.45, 7) is 1.63. The van der Waals surface area contributed by atoms with Gasteiger partial charge in [0.15, 0.2) is 23.7 Å². The van der Waals surface area contributed by atoms with Crippen LogP contribution in [0.1, 0.15) is 65.2 Å². The molecule has 3 fully saturated rings. The maximum Gasteiger partial charge on any atom is 0.325 e. The smallest absolute Gasteiger partial charge is 0.325 e. The molecule has 0 spiro atoms. The van der Waals surface area contributed by atoms with E-state index in [0.29, 0.717) is 31.3 Å². The molecule has 0 heterocycles. The Kier molecular flexibility index (Phi) is 9.15. The highest BCUT2D eigenvalue weighted by molar-refractivity contribution is 6.01. The SMILES string of the molecule is C[C@]12C=CC(=O)C=C1CCC1C3C[C@@H](O)[C@](O)(C(=O)COC(=O)CNC(=O)CCCCCO[N+](=O)[O-])[C@@]3(C)C[C@H](O)[C@@]12F. The second-order valence-corrected chi connectivity index (χ2v) is 12.5. The molecule has 0 aromatic heterocycles. The van der Waals surface area contributed by atoms with Crippen molar-refractivity contribution in [2.45, 2.75) is 88.7 Å². The van der Waals surface area contributed by atoms with Gasteiger partial charge in [0.05, 0.1) is 18.8 Å². The number of carbonyl (C=O) groups is 4. The van der Waals surface area contributed by atoms with E-state index in [-0.39, 0.29) is 38.1 Å². The Morgan fingerprint density at radius 3 is 2.58 bits per heavy atom. The van der Waals surface area contributed by atoms with Crippen molar-refractivity contribution in [3.63, 3.8) is 0 Å². The summed E-state index contributed by atoms with van der Waals surface area (Å²) in [4.78, 5) is 63.8. The molecule has 0 bridgehead atoms. The number of Topliss-reactive ketones (excluding diaryl/α,β-unsaturated/α-hetero) is 1. The van der Waals surface area contributed by atoms with E-state index in [4.69, 9.17) is 4.74 Å². The number of carbonyl (C=O) groups excluding carboxylic acids is 4. The topological polar surface area (TPSA) is 203 Å². The van der Waals surface area contributed by atoms with Crippen molar-refractivity contribution >= 4 is 23.4 Å². The van der Waals surface area contributed by atoms with Gasteiger partial charge in [-0.15, -0.1) is 10.1 Å². The quantitative estimate of drug-likeness (QED) is 0.106. The van der Waals surface area contributed by atoms with Crippen LogP contribution < -0.4 is 5.32 Å². The van der Waals surface area contributed by atoms with Crippen molar-refractivity contribution in [1.29, 1.82) is 0 Å². The normalized spacial score (nSPS) is 37.8. The summed E-state index contributed by atoms with van der Waals surface area (Å²) in [6, 6.07) is 0. The number of aliphatic hydroxyl groups excluding tert-OH is 2. The number of hydrogen-bond acceptors (Lipinski definition) is 11. The summed E-state index contributed by atoms with van der Waals surface area (Å²) in [5.74, 6) is -4.21. The van der Waals surface area contributed by atoms with Crippen LogP contribution in [0.5, 0.6) is 0 Å². The zero-order valence-corrected chi connectivity index (χ0v) is 24.3. The average molecular weight is 611 g/mol. The van der Waals surface area contributed by atoms with Gasteiger partial charge >= 0.3 is 5.97 Å². The van der Waals surface area contributed by atoms with E-state index in [2.05, 4.69) is 10.2 Å². The number of alkyl halides is 1. The Morgan fingerprint density at radius 1 is 1.16 bits per heavy atom. The van der Waals surface area contributed by atoms with E-state index in [1.165, 1.54) is 25.2 Å². The molecule has 13 nitrogen and oxygen atoms in total. The van der Waals surface area contributed by atoms with Gasteiger partial charge in [0.2, 0.25) is 11.7 Å². The number of fused-ring (bicyclic) bond motifs is 5. The molecule has 0 saturated heterocycles. The highest BCUT2D eigenvalue weighted by atomic mass is 19.1. The molecule has 0 aliphatic heterocycles. The molecule has 8 atom stereocenters. The molecule has 4 aliphatic carbocycles. The van der Waals surface area contributed by atoms with Gasteiger partial charge in [0, 0.05) is 23.2 Å². The van der Waals surface area contributed by atoms with Crippen molar-refractivity contribution in [3.05, 3.63) is 33.9 Å². The molecule has 0 aromatic rings. The summed E-state index contributed by atoms with van der Waals surface area (Å²) < 4.78 is 22.2. The Bertz CT molecular complexity index is 1240. The van der Waals surface area contributed by atoms with Crippen LogP contribution in [0, 0.1) is 32.8 Å². The third kappa shape index (κ3) is 5.48. The molecule has 3 saturated carbocycles. The van der Waals surface area contributed by atoms with Crippen LogP contribution in [-0.2, 0) is 28.8 Å². The van der Waals surface area contributed by atoms with Crippen molar-refractivity contribution in [2.75, 3.05) is 19.8 Å². The van der Waals surface area contributed by atoms with E-state index in [1.807, 2.05) is 0 Å². The second-order valence-electron chi connectivity index (χ2n) is 12.5. The van der Waals surface area contributed by atoms with Crippen LogP contribution in [0.3, 0.4) is 0 Å². The first kappa shape index (κ1) is 32.7. The minimum Gasteiger partial charge on any atom is -0.456 e. The van der Waals surface area contributed by atoms with Crippen LogP contribution in [0.2, 0.25) is 0 Å². The lowest BCUT2D eigenvalue weighted by atomic mass is 9.44. The van der Waals surface area contributed by atoms with Crippen molar-refractivity contribution < 1.29 is 53.5 Å². The van der Waals surface area contributed by atoms with Crippen LogP contribution in [-0.4, -0.2) is 87.1 Å². The van der Waals surface area contributed by atoms with Gasteiger partial charge in [0.1, 0.15) is 6.54 Å². The number of rotatable bonds is 12. The predicted molar refractivity (Wildman–Crippen MR) is 145 cm³/mol. The minimum atomic E-state index is -2.43. The fourth-order valence-electron chi connectivity index (χ4n) is 8.00. The molecule has 14 heteroatoms. The van der Waals surface area contributed by atoms with Crippen LogP contribution >= 0.6 is 0 Å². The molecule has 238 valence electrons. The Hall–Kier alpha value is -3.23. The minimum absolute atomic E-state index is 0.0539. The lowest BCUT2D eigenvalue weighted by Gasteiger charge is -2.62. The standard InChI is InChI=1S/C29H39FN2O11/c1-26-10-9-18(33)12-17(26)7-8-19-20-13-21(34)29(39,27(20,2)14-22(35)28(19,26)30)23(36)16-42-25(38)15-31-24(37)6-4-3-5-11-43-32(40)41/h9-10,12,19-22,34-35,39H,3-8,11,13-16H2,1-2H3,(H,31,37)/t19?,20?,21-,22+,26+,27+,28+,29+/m1/s1. The van der Waals surface area contributed by atoms with Crippen molar-refractivity contribution in [2.24, 2.45) is 22.7 Å². The Labute approximate surface area is 247 Å². The maximum atomic E-state index is 17.2. The van der Waals surface area contributed by atoms with Gasteiger partial charge in [-0.25, -0.2) is 4.39 Å².